The number of halogens is 1. The highest BCUT2D eigenvalue weighted by Crippen LogP contribution is 2.27. The maximum atomic E-state index is 12.5. The number of nitrogens with zero attached hydrogens (tertiary/aromatic N) is 2. The van der Waals surface area contributed by atoms with E-state index in [0.717, 1.165) is 50.5 Å². The minimum absolute atomic E-state index is 0. The molecule has 7 heteroatoms. The van der Waals surface area contributed by atoms with Gasteiger partial charge in [0.2, 0.25) is 5.91 Å². The van der Waals surface area contributed by atoms with Crippen LogP contribution in [0.4, 0.5) is 5.69 Å². The summed E-state index contributed by atoms with van der Waals surface area (Å²) in [4.78, 5) is 19.0. The van der Waals surface area contributed by atoms with Crippen LogP contribution < -0.4 is 15.5 Å². The van der Waals surface area contributed by atoms with Crippen molar-refractivity contribution in [3.05, 3.63) is 29.8 Å². The summed E-state index contributed by atoms with van der Waals surface area (Å²) in [7, 11) is 0. The van der Waals surface area contributed by atoms with Crippen molar-refractivity contribution in [2.24, 2.45) is 4.99 Å². The van der Waals surface area contributed by atoms with Crippen molar-refractivity contribution in [1.29, 1.82) is 0 Å². The van der Waals surface area contributed by atoms with Gasteiger partial charge in [0.25, 0.3) is 0 Å². The maximum absolute atomic E-state index is 12.5. The summed E-state index contributed by atoms with van der Waals surface area (Å²) in [5.41, 5.74) is 2.36. The highest BCUT2D eigenvalue weighted by Gasteiger charge is 2.23. The van der Waals surface area contributed by atoms with Crippen molar-refractivity contribution < 1.29 is 4.79 Å². The van der Waals surface area contributed by atoms with E-state index in [4.69, 9.17) is 0 Å². The number of hydrogen-bond acceptors (Lipinski definition) is 3. The fourth-order valence-electron chi connectivity index (χ4n) is 3.07. The number of carbonyl (C=O) groups excluding carboxylic acids is 1. The van der Waals surface area contributed by atoms with Crippen molar-refractivity contribution in [2.45, 2.75) is 39.0 Å². The highest BCUT2D eigenvalue weighted by atomic mass is 127. The SMILES string of the molecule is CCNC(=NCCCC(=O)N1CCc2ccccc21)NCCCCSC.I. The van der Waals surface area contributed by atoms with Crippen LogP contribution in [0.2, 0.25) is 0 Å². The van der Waals surface area contributed by atoms with E-state index in [-0.39, 0.29) is 29.9 Å². The number of guanidine groups is 1. The third-order valence-corrected chi connectivity index (χ3v) is 5.12. The number of thioether (sulfide) groups is 1. The highest BCUT2D eigenvalue weighted by molar-refractivity contribution is 14.0. The average Bonchev–Trinajstić information content (AvgIpc) is 3.09. The maximum Gasteiger partial charge on any atom is 0.227 e. The molecule has 1 aliphatic heterocycles. The van der Waals surface area contributed by atoms with Gasteiger partial charge in [-0.05, 0) is 56.2 Å². The van der Waals surface area contributed by atoms with Gasteiger partial charge < -0.3 is 15.5 Å². The molecule has 0 aliphatic carbocycles. The normalized spacial score (nSPS) is 13.1. The zero-order valence-corrected chi connectivity index (χ0v) is 19.6. The molecule has 1 amide bonds. The second-order valence-corrected chi connectivity index (χ2v) is 7.40. The molecule has 152 valence electrons. The number of nitrogens with one attached hydrogen (secondary N) is 2. The third-order valence-electron chi connectivity index (χ3n) is 4.42. The molecule has 0 aromatic heterocycles. The van der Waals surface area contributed by atoms with E-state index < -0.39 is 0 Å². The standard InChI is InChI=1S/C20H32N4OS.HI/c1-3-21-20(22-13-6-7-16-26-2)23-14-8-11-19(25)24-15-12-17-9-4-5-10-18(17)24;/h4-5,9-10H,3,6-8,11-16H2,1-2H3,(H2,21,22,23);1H. The summed E-state index contributed by atoms with van der Waals surface area (Å²) in [6.07, 6.45) is 6.80. The van der Waals surface area contributed by atoms with Crippen LogP contribution in [-0.2, 0) is 11.2 Å². The number of benzene rings is 1. The number of carbonyl (C=O) groups is 1. The number of anilines is 1. The van der Waals surface area contributed by atoms with E-state index in [1.807, 2.05) is 34.9 Å². The van der Waals surface area contributed by atoms with Crippen molar-refractivity contribution in [3.8, 4) is 0 Å². The first-order chi connectivity index (χ1) is 12.8. The van der Waals surface area contributed by atoms with Gasteiger partial charge >= 0.3 is 0 Å². The molecule has 2 N–H and O–H groups in total. The van der Waals surface area contributed by atoms with Crippen molar-refractivity contribution in [1.82, 2.24) is 10.6 Å². The molecule has 1 aromatic rings. The average molecular weight is 504 g/mol. The first kappa shape index (κ1) is 24.1. The Balaban J connectivity index is 0.00000364. The Morgan fingerprint density at radius 2 is 2.04 bits per heavy atom. The lowest BCUT2D eigenvalue weighted by atomic mass is 10.2. The third kappa shape index (κ3) is 8.29. The molecule has 0 radical (unpaired) electrons. The van der Waals surface area contributed by atoms with Crippen LogP contribution in [0.5, 0.6) is 0 Å². The first-order valence-electron chi connectivity index (χ1n) is 9.65. The largest absolute Gasteiger partial charge is 0.357 e. The zero-order chi connectivity index (χ0) is 18.6. The number of fused-ring (bicyclic) bond motifs is 1. The van der Waals surface area contributed by atoms with Crippen LogP contribution in [0, 0.1) is 0 Å². The first-order valence-corrected chi connectivity index (χ1v) is 11.0. The van der Waals surface area contributed by atoms with Gasteiger partial charge in [-0.1, -0.05) is 18.2 Å². The molecule has 2 rings (SSSR count). The van der Waals surface area contributed by atoms with Gasteiger partial charge in [0, 0.05) is 38.3 Å². The fraction of sp³-hybridized carbons (Fsp3) is 0.600. The van der Waals surface area contributed by atoms with Gasteiger partial charge in [0.1, 0.15) is 0 Å². The molecule has 0 bridgehead atoms. The number of amides is 1. The molecule has 0 unspecified atom stereocenters. The predicted molar refractivity (Wildman–Crippen MR) is 129 cm³/mol. The van der Waals surface area contributed by atoms with E-state index in [0.29, 0.717) is 13.0 Å². The molecule has 27 heavy (non-hydrogen) atoms. The molecule has 1 heterocycles. The fourth-order valence-corrected chi connectivity index (χ4v) is 3.57. The number of aliphatic imine (C=N–C) groups is 1. The quantitative estimate of drug-likeness (QED) is 0.221. The van der Waals surface area contributed by atoms with Gasteiger partial charge in [0.05, 0.1) is 0 Å². The number of rotatable bonds is 10. The second-order valence-electron chi connectivity index (χ2n) is 6.41. The van der Waals surface area contributed by atoms with Crippen LogP contribution in [0.15, 0.2) is 29.3 Å². The van der Waals surface area contributed by atoms with Gasteiger partial charge in [0.15, 0.2) is 5.96 Å². The summed E-state index contributed by atoms with van der Waals surface area (Å²) in [6.45, 7) is 5.33. The summed E-state index contributed by atoms with van der Waals surface area (Å²) in [5, 5.41) is 6.64. The molecule has 1 aromatic carbocycles. The van der Waals surface area contributed by atoms with Gasteiger partial charge in [-0.3, -0.25) is 9.79 Å². The van der Waals surface area contributed by atoms with Crippen molar-refractivity contribution in [2.75, 3.05) is 43.1 Å². The van der Waals surface area contributed by atoms with Crippen LogP contribution in [0.1, 0.15) is 38.2 Å². The second kappa shape index (κ2) is 14.1. The lowest BCUT2D eigenvalue weighted by Gasteiger charge is -2.17. The van der Waals surface area contributed by atoms with Gasteiger partial charge in [-0.2, -0.15) is 11.8 Å². The van der Waals surface area contributed by atoms with E-state index in [1.165, 1.54) is 17.7 Å². The smallest absolute Gasteiger partial charge is 0.227 e. The van der Waals surface area contributed by atoms with Gasteiger partial charge in [-0.15, -0.1) is 24.0 Å². The number of unbranched alkanes of at least 4 members (excludes halogenated alkanes) is 1. The minimum atomic E-state index is 0. The minimum Gasteiger partial charge on any atom is -0.357 e. The number of hydrogen-bond donors (Lipinski definition) is 2. The Hall–Kier alpha value is -0.960. The van der Waals surface area contributed by atoms with E-state index in [9.17, 15) is 4.79 Å². The Morgan fingerprint density at radius 3 is 2.81 bits per heavy atom. The Bertz CT molecular complexity index is 597. The van der Waals surface area contributed by atoms with Gasteiger partial charge in [-0.25, -0.2) is 0 Å². The molecule has 0 saturated heterocycles. The lowest BCUT2D eigenvalue weighted by Crippen LogP contribution is -2.38. The van der Waals surface area contributed by atoms with Crippen LogP contribution in [0.3, 0.4) is 0 Å². The topological polar surface area (TPSA) is 56.7 Å². The summed E-state index contributed by atoms with van der Waals surface area (Å²) < 4.78 is 0. The summed E-state index contributed by atoms with van der Waals surface area (Å²) >= 11 is 1.89. The Kier molecular flexibility index (Phi) is 12.6. The monoisotopic (exact) mass is 504 g/mol. The molecule has 5 nitrogen and oxygen atoms in total. The van der Waals surface area contributed by atoms with E-state index in [1.54, 1.807) is 0 Å². The van der Waals surface area contributed by atoms with Crippen LogP contribution in [0.25, 0.3) is 0 Å². The summed E-state index contributed by atoms with van der Waals surface area (Å²) in [5.74, 6) is 2.27. The van der Waals surface area contributed by atoms with Crippen LogP contribution >= 0.6 is 35.7 Å². The zero-order valence-electron chi connectivity index (χ0n) is 16.5. The summed E-state index contributed by atoms with van der Waals surface area (Å²) in [6, 6.07) is 8.20. The van der Waals surface area contributed by atoms with E-state index in [2.05, 4.69) is 34.9 Å². The molecular formula is C20H33IN4OS. The molecular weight excluding hydrogens is 471 g/mol. The molecule has 0 saturated carbocycles. The van der Waals surface area contributed by atoms with E-state index >= 15 is 0 Å². The molecule has 0 spiro atoms. The molecule has 1 aliphatic rings. The number of para-hydroxylation sites is 1. The van der Waals surface area contributed by atoms with Crippen LogP contribution in [-0.4, -0.2) is 50.1 Å². The lowest BCUT2D eigenvalue weighted by molar-refractivity contribution is -0.118. The molecule has 0 atom stereocenters. The Labute approximate surface area is 185 Å². The predicted octanol–water partition coefficient (Wildman–Crippen LogP) is 3.67. The van der Waals surface area contributed by atoms with Crippen molar-refractivity contribution >= 4 is 53.3 Å². The van der Waals surface area contributed by atoms with Crippen molar-refractivity contribution in [3.63, 3.8) is 0 Å². The molecule has 0 fully saturated rings. The Morgan fingerprint density at radius 1 is 1.22 bits per heavy atom.